The minimum atomic E-state index is -0.132. The second kappa shape index (κ2) is 10.3. The summed E-state index contributed by atoms with van der Waals surface area (Å²) in [6.07, 6.45) is 2.89. The number of hydrogen-bond acceptors (Lipinski definition) is 4. The largest absolute Gasteiger partial charge is 0.355 e. The molecule has 0 saturated carbocycles. The minimum Gasteiger partial charge on any atom is -0.355 e. The molecule has 0 aliphatic carbocycles. The molecule has 2 N–H and O–H groups in total. The molecule has 28 heavy (non-hydrogen) atoms. The summed E-state index contributed by atoms with van der Waals surface area (Å²) in [7, 11) is 0. The number of rotatable bonds is 8. The Morgan fingerprint density at radius 3 is 2.64 bits per heavy atom. The summed E-state index contributed by atoms with van der Waals surface area (Å²) in [4.78, 5) is 16.1. The topological polar surface area (TPSA) is 44.4 Å². The molecule has 1 aliphatic rings. The summed E-state index contributed by atoms with van der Waals surface area (Å²) >= 11 is 8.10. The minimum absolute atomic E-state index is 0.100. The van der Waals surface area contributed by atoms with Gasteiger partial charge in [-0.1, -0.05) is 41.9 Å². The Kier molecular flexibility index (Phi) is 7.80. The highest BCUT2D eigenvalue weighted by Gasteiger charge is 2.36. The molecule has 4 nitrogen and oxygen atoms in total. The summed E-state index contributed by atoms with van der Waals surface area (Å²) in [5.74, 6) is 0.100. The third-order valence-electron chi connectivity index (χ3n) is 5.14. The fourth-order valence-electron chi connectivity index (χ4n) is 3.64. The fraction of sp³-hybridized carbons (Fsp3) is 0.409. The molecule has 0 spiro atoms. The Hall–Kier alpha value is -1.53. The zero-order valence-corrected chi connectivity index (χ0v) is 18.0. The maximum absolute atomic E-state index is 12.6. The van der Waals surface area contributed by atoms with Crippen molar-refractivity contribution in [3.63, 3.8) is 0 Å². The first-order chi connectivity index (χ1) is 13.6. The Labute approximate surface area is 177 Å². The molecule has 1 heterocycles. The number of nitrogens with one attached hydrogen (secondary N) is 2. The summed E-state index contributed by atoms with van der Waals surface area (Å²) in [5, 5.41) is 7.36. The molecule has 2 aromatic carbocycles. The van der Waals surface area contributed by atoms with E-state index in [4.69, 9.17) is 11.6 Å². The first kappa shape index (κ1) is 21.2. The van der Waals surface area contributed by atoms with Gasteiger partial charge in [0.1, 0.15) is 0 Å². The highest BCUT2D eigenvalue weighted by atomic mass is 35.5. The van der Waals surface area contributed by atoms with Crippen molar-refractivity contribution in [1.82, 2.24) is 15.5 Å². The molecule has 1 aliphatic heterocycles. The van der Waals surface area contributed by atoms with Crippen LogP contribution in [-0.4, -0.2) is 42.2 Å². The molecule has 0 radical (unpaired) electrons. The predicted octanol–water partition coefficient (Wildman–Crippen LogP) is 3.93. The number of benzene rings is 2. The van der Waals surface area contributed by atoms with Gasteiger partial charge in [0.05, 0.1) is 6.04 Å². The molecular formula is C22H28ClN3OS. The summed E-state index contributed by atoms with van der Waals surface area (Å²) < 4.78 is 0. The number of hydrogen-bond donors (Lipinski definition) is 2. The van der Waals surface area contributed by atoms with Crippen LogP contribution in [-0.2, 0) is 17.9 Å². The lowest BCUT2D eigenvalue weighted by atomic mass is 10.1. The van der Waals surface area contributed by atoms with E-state index in [2.05, 4.69) is 46.1 Å². The molecule has 0 bridgehead atoms. The van der Waals surface area contributed by atoms with Gasteiger partial charge >= 0.3 is 0 Å². The van der Waals surface area contributed by atoms with Crippen LogP contribution in [0.15, 0.2) is 53.4 Å². The van der Waals surface area contributed by atoms with Crippen molar-refractivity contribution < 1.29 is 4.79 Å². The lowest BCUT2D eigenvalue weighted by molar-refractivity contribution is -0.125. The van der Waals surface area contributed by atoms with E-state index >= 15 is 0 Å². The van der Waals surface area contributed by atoms with Crippen molar-refractivity contribution >= 4 is 29.3 Å². The highest BCUT2D eigenvalue weighted by Crippen LogP contribution is 2.25. The van der Waals surface area contributed by atoms with Crippen LogP contribution in [0.25, 0.3) is 0 Å². The van der Waals surface area contributed by atoms with Gasteiger partial charge in [-0.25, -0.2) is 0 Å². The van der Waals surface area contributed by atoms with E-state index in [9.17, 15) is 4.79 Å². The Morgan fingerprint density at radius 1 is 1.21 bits per heavy atom. The monoisotopic (exact) mass is 417 g/mol. The normalized spacial score (nSPS) is 19.7. The average Bonchev–Trinajstić information content (AvgIpc) is 3.11. The van der Waals surface area contributed by atoms with Crippen LogP contribution < -0.4 is 10.6 Å². The number of carbonyl (C=O) groups is 1. The quantitative estimate of drug-likeness (QED) is 0.639. The van der Waals surface area contributed by atoms with Crippen molar-refractivity contribution in [3.8, 4) is 0 Å². The van der Waals surface area contributed by atoms with Crippen LogP contribution in [0.2, 0.25) is 5.02 Å². The standard InChI is InChI=1S/C22H28ClN3OS/c1-3-24-22(27)21-12-18(25-13-16-8-10-19(28-2)11-9-16)15-26(21)14-17-6-4-5-7-20(17)23/h4-11,18,21,25H,3,12-15H2,1-2H3,(H,24,27)/t18-,21-/m0/s1. The van der Waals surface area contributed by atoms with E-state index < -0.39 is 0 Å². The van der Waals surface area contributed by atoms with Gasteiger partial charge in [-0.15, -0.1) is 11.8 Å². The molecule has 0 unspecified atom stereocenters. The number of likely N-dealkylation sites (N-methyl/N-ethyl adjacent to an activating group) is 1. The van der Waals surface area contributed by atoms with Gasteiger partial charge in [0.2, 0.25) is 5.91 Å². The van der Waals surface area contributed by atoms with E-state index in [1.165, 1.54) is 10.5 Å². The third-order valence-corrected chi connectivity index (χ3v) is 6.25. The lowest BCUT2D eigenvalue weighted by Gasteiger charge is -2.23. The zero-order valence-electron chi connectivity index (χ0n) is 16.5. The van der Waals surface area contributed by atoms with Crippen LogP contribution in [0.4, 0.5) is 0 Å². The molecule has 1 fully saturated rings. The number of amides is 1. The van der Waals surface area contributed by atoms with Crippen molar-refractivity contribution in [2.75, 3.05) is 19.3 Å². The number of carbonyl (C=O) groups excluding carboxylic acids is 1. The van der Waals surface area contributed by atoms with E-state index in [-0.39, 0.29) is 18.0 Å². The highest BCUT2D eigenvalue weighted by molar-refractivity contribution is 7.98. The van der Waals surface area contributed by atoms with Crippen molar-refractivity contribution in [1.29, 1.82) is 0 Å². The Balaban J connectivity index is 1.64. The number of halogens is 1. The number of thioether (sulfide) groups is 1. The molecule has 1 amide bonds. The van der Waals surface area contributed by atoms with Crippen LogP contribution in [0.5, 0.6) is 0 Å². The summed E-state index contributed by atoms with van der Waals surface area (Å²) in [6, 6.07) is 16.6. The van der Waals surface area contributed by atoms with E-state index in [1.807, 2.05) is 31.2 Å². The maximum atomic E-state index is 12.6. The first-order valence-electron chi connectivity index (χ1n) is 9.72. The average molecular weight is 418 g/mol. The van der Waals surface area contributed by atoms with Gasteiger partial charge in [-0.2, -0.15) is 0 Å². The van der Waals surface area contributed by atoms with Crippen molar-refractivity contribution in [3.05, 3.63) is 64.7 Å². The maximum Gasteiger partial charge on any atom is 0.237 e. The van der Waals surface area contributed by atoms with Gasteiger partial charge in [0.25, 0.3) is 0 Å². The van der Waals surface area contributed by atoms with E-state index in [1.54, 1.807) is 11.8 Å². The van der Waals surface area contributed by atoms with Crippen LogP contribution in [0, 0.1) is 0 Å². The number of nitrogens with zero attached hydrogens (tertiary/aromatic N) is 1. The summed E-state index contributed by atoms with van der Waals surface area (Å²) in [5.41, 5.74) is 2.32. The Bertz CT molecular complexity index is 784. The summed E-state index contributed by atoms with van der Waals surface area (Å²) in [6.45, 7) is 4.92. The van der Waals surface area contributed by atoms with E-state index in [0.29, 0.717) is 13.1 Å². The fourth-order valence-corrected chi connectivity index (χ4v) is 4.25. The van der Waals surface area contributed by atoms with Gasteiger partial charge in [-0.05, 0) is 48.9 Å². The lowest BCUT2D eigenvalue weighted by Crippen LogP contribution is -2.42. The second-order valence-electron chi connectivity index (χ2n) is 7.09. The molecule has 6 heteroatoms. The van der Waals surface area contributed by atoms with Gasteiger partial charge in [-0.3, -0.25) is 9.69 Å². The van der Waals surface area contributed by atoms with E-state index in [0.717, 1.165) is 30.1 Å². The van der Waals surface area contributed by atoms with Gasteiger partial charge < -0.3 is 10.6 Å². The molecule has 2 atom stereocenters. The second-order valence-corrected chi connectivity index (χ2v) is 8.38. The van der Waals surface area contributed by atoms with Crippen molar-refractivity contribution in [2.45, 2.75) is 43.4 Å². The molecule has 0 aromatic heterocycles. The molecule has 150 valence electrons. The molecule has 3 rings (SSSR count). The van der Waals surface area contributed by atoms with Gasteiger partial charge in [0, 0.05) is 42.1 Å². The molecule has 2 aromatic rings. The van der Waals surface area contributed by atoms with Crippen molar-refractivity contribution in [2.24, 2.45) is 0 Å². The third kappa shape index (κ3) is 5.51. The number of likely N-dealkylation sites (tertiary alicyclic amines) is 1. The van der Waals surface area contributed by atoms with Crippen LogP contribution >= 0.6 is 23.4 Å². The first-order valence-corrected chi connectivity index (χ1v) is 11.3. The van der Waals surface area contributed by atoms with Crippen LogP contribution in [0.1, 0.15) is 24.5 Å². The predicted molar refractivity (Wildman–Crippen MR) is 118 cm³/mol. The molecule has 1 saturated heterocycles. The molecular weight excluding hydrogens is 390 g/mol. The SMILES string of the molecule is CCNC(=O)[C@@H]1C[C@H](NCc2ccc(SC)cc2)CN1Cc1ccccc1Cl. The van der Waals surface area contributed by atoms with Crippen LogP contribution in [0.3, 0.4) is 0 Å². The Morgan fingerprint density at radius 2 is 1.96 bits per heavy atom. The zero-order chi connectivity index (χ0) is 19.9. The van der Waals surface area contributed by atoms with Gasteiger partial charge in [0.15, 0.2) is 0 Å². The smallest absolute Gasteiger partial charge is 0.237 e.